The first-order chi connectivity index (χ1) is 14.6. The van der Waals surface area contributed by atoms with Crippen molar-refractivity contribution in [3.8, 4) is 5.75 Å². The number of fused-ring (bicyclic) bond motifs is 1. The second-order valence-electron chi connectivity index (χ2n) is 8.08. The van der Waals surface area contributed by atoms with E-state index in [1.165, 1.54) is 11.1 Å². The number of sulfonamides is 1. The molecule has 0 bridgehead atoms. The Balaban J connectivity index is 1.91. The number of rotatable bonds is 6. The smallest absolute Gasteiger partial charge is 0.285 e. The van der Waals surface area contributed by atoms with Crippen LogP contribution in [0.5, 0.6) is 5.75 Å². The third kappa shape index (κ3) is 5.69. The quantitative estimate of drug-likeness (QED) is 0.548. The number of carbonyl (C=O) groups is 1. The molecule has 0 atom stereocenters. The van der Waals surface area contributed by atoms with Crippen LogP contribution in [-0.2, 0) is 14.8 Å². The minimum Gasteiger partial charge on any atom is -0.497 e. The Morgan fingerprint density at radius 3 is 2.65 bits per heavy atom. The minimum absolute atomic E-state index is 0.119. The molecule has 1 heterocycles. The highest BCUT2D eigenvalue weighted by molar-refractivity contribution is 7.90. The number of ether oxygens (including phenoxy) is 1. The zero-order valence-electron chi connectivity index (χ0n) is 18.0. The zero-order chi connectivity index (χ0) is 22.6. The lowest BCUT2D eigenvalue weighted by Gasteiger charge is -2.22. The van der Waals surface area contributed by atoms with Gasteiger partial charge >= 0.3 is 0 Å². The second-order valence-corrected chi connectivity index (χ2v) is 9.65. The lowest BCUT2D eigenvalue weighted by Crippen LogP contribution is -2.42. The number of methoxy groups -OCH3 is 1. The van der Waals surface area contributed by atoms with Crippen LogP contribution < -0.4 is 10.1 Å². The average Bonchev–Trinajstić information content (AvgIpc) is 2.98. The van der Waals surface area contributed by atoms with Crippen molar-refractivity contribution in [2.24, 2.45) is 9.50 Å². The monoisotopic (exact) mass is 442 g/mol. The molecule has 164 valence electrons. The lowest BCUT2D eigenvalue weighted by atomic mass is 10.1. The third-order valence-electron chi connectivity index (χ3n) is 4.36. The molecule has 1 aliphatic rings. The van der Waals surface area contributed by atoms with E-state index in [0.717, 1.165) is 5.56 Å². The van der Waals surface area contributed by atoms with Gasteiger partial charge < -0.3 is 10.1 Å². The molecule has 1 N–H and O–H groups in total. The summed E-state index contributed by atoms with van der Waals surface area (Å²) in [6.45, 7) is 5.85. The number of amidine groups is 1. The van der Waals surface area contributed by atoms with Crippen molar-refractivity contribution in [1.82, 2.24) is 10.3 Å². The van der Waals surface area contributed by atoms with Crippen molar-refractivity contribution < 1.29 is 17.9 Å². The summed E-state index contributed by atoms with van der Waals surface area (Å²) < 4.78 is 34.1. The van der Waals surface area contributed by atoms with Crippen LogP contribution in [0.15, 0.2) is 62.9 Å². The SMILES string of the molecule is COc1cccc(/C=N/N(CCC(=O)NC(C)(C)C)C2=NS(=O)(=O)c3ccccc32)c1. The number of hydrogen-bond acceptors (Lipinski definition) is 6. The van der Waals surface area contributed by atoms with Gasteiger partial charge in [0.1, 0.15) is 10.6 Å². The van der Waals surface area contributed by atoms with Crippen molar-refractivity contribution >= 4 is 28.0 Å². The van der Waals surface area contributed by atoms with Crippen LogP contribution in [0, 0.1) is 0 Å². The number of amides is 1. The number of hydrazone groups is 1. The van der Waals surface area contributed by atoms with Crippen LogP contribution in [0.3, 0.4) is 0 Å². The van der Waals surface area contributed by atoms with E-state index >= 15 is 0 Å². The molecule has 2 aromatic rings. The summed E-state index contributed by atoms with van der Waals surface area (Å²) in [5.41, 5.74) is 0.854. The standard InChI is InChI=1S/C22H26N4O4S/c1-22(2,3)24-20(27)12-13-26(23-15-16-8-7-9-17(14-16)30-4)21-18-10-5-6-11-19(18)31(28,29)25-21/h5-11,14-15H,12-13H2,1-4H3,(H,24,27)/b23-15+. The molecule has 0 aromatic heterocycles. The number of carbonyl (C=O) groups excluding carboxylic acids is 1. The molecular formula is C22H26N4O4S. The predicted octanol–water partition coefficient (Wildman–Crippen LogP) is 2.79. The first kappa shape index (κ1) is 22.5. The first-order valence-electron chi connectivity index (χ1n) is 9.80. The third-order valence-corrected chi connectivity index (χ3v) is 5.69. The van der Waals surface area contributed by atoms with E-state index in [9.17, 15) is 13.2 Å². The van der Waals surface area contributed by atoms with E-state index in [4.69, 9.17) is 4.74 Å². The maximum Gasteiger partial charge on any atom is 0.285 e. The van der Waals surface area contributed by atoms with Crippen molar-refractivity contribution in [3.63, 3.8) is 0 Å². The molecule has 2 aromatic carbocycles. The van der Waals surface area contributed by atoms with Gasteiger partial charge in [-0.15, -0.1) is 4.40 Å². The molecule has 8 nitrogen and oxygen atoms in total. The molecule has 31 heavy (non-hydrogen) atoms. The van der Waals surface area contributed by atoms with E-state index in [-0.39, 0.29) is 35.1 Å². The Bertz CT molecular complexity index is 1130. The summed E-state index contributed by atoms with van der Waals surface area (Å²) >= 11 is 0. The minimum atomic E-state index is -3.81. The summed E-state index contributed by atoms with van der Waals surface area (Å²) in [7, 11) is -2.23. The van der Waals surface area contributed by atoms with Gasteiger partial charge in [-0.1, -0.05) is 24.3 Å². The van der Waals surface area contributed by atoms with Crippen LogP contribution in [-0.4, -0.2) is 50.6 Å². The van der Waals surface area contributed by atoms with Gasteiger partial charge in [-0.25, -0.2) is 5.01 Å². The molecule has 9 heteroatoms. The number of nitrogens with zero attached hydrogens (tertiary/aromatic N) is 3. The van der Waals surface area contributed by atoms with Crippen molar-refractivity contribution in [3.05, 3.63) is 59.7 Å². The van der Waals surface area contributed by atoms with Gasteiger partial charge in [0.25, 0.3) is 10.0 Å². The van der Waals surface area contributed by atoms with Gasteiger partial charge in [-0.3, -0.25) is 4.79 Å². The maximum atomic E-state index is 12.5. The molecule has 0 unspecified atom stereocenters. The fourth-order valence-electron chi connectivity index (χ4n) is 3.04. The summed E-state index contributed by atoms with van der Waals surface area (Å²) in [5, 5.41) is 8.81. The molecule has 0 saturated carbocycles. The van der Waals surface area contributed by atoms with Crippen LogP contribution in [0.2, 0.25) is 0 Å². The molecule has 0 fully saturated rings. The second kappa shape index (κ2) is 8.89. The Morgan fingerprint density at radius 2 is 1.94 bits per heavy atom. The van der Waals surface area contributed by atoms with Gasteiger partial charge in [-0.05, 0) is 50.6 Å². The van der Waals surface area contributed by atoms with Crippen LogP contribution in [0.1, 0.15) is 38.3 Å². The Kier molecular flexibility index (Phi) is 6.45. The highest BCUT2D eigenvalue weighted by Crippen LogP contribution is 2.27. The van der Waals surface area contributed by atoms with E-state index in [1.807, 2.05) is 39.0 Å². The highest BCUT2D eigenvalue weighted by atomic mass is 32.2. The topological polar surface area (TPSA) is 100 Å². The molecule has 0 spiro atoms. The molecule has 1 amide bonds. The van der Waals surface area contributed by atoms with E-state index in [1.54, 1.807) is 37.6 Å². The first-order valence-corrected chi connectivity index (χ1v) is 11.2. The molecule has 0 saturated heterocycles. The van der Waals surface area contributed by atoms with Gasteiger partial charge in [0.15, 0.2) is 5.84 Å². The summed E-state index contributed by atoms with van der Waals surface area (Å²) in [6.07, 6.45) is 1.70. The van der Waals surface area contributed by atoms with E-state index < -0.39 is 10.0 Å². The predicted molar refractivity (Wildman–Crippen MR) is 120 cm³/mol. The van der Waals surface area contributed by atoms with E-state index in [2.05, 4.69) is 14.8 Å². The number of hydrogen-bond donors (Lipinski definition) is 1. The zero-order valence-corrected chi connectivity index (χ0v) is 18.8. The van der Waals surface area contributed by atoms with Crippen molar-refractivity contribution in [1.29, 1.82) is 0 Å². The maximum absolute atomic E-state index is 12.5. The molecule has 0 radical (unpaired) electrons. The van der Waals surface area contributed by atoms with Crippen LogP contribution in [0.4, 0.5) is 0 Å². The largest absolute Gasteiger partial charge is 0.497 e. The van der Waals surface area contributed by atoms with Crippen molar-refractivity contribution in [2.45, 2.75) is 37.6 Å². The van der Waals surface area contributed by atoms with Crippen LogP contribution >= 0.6 is 0 Å². The fourth-order valence-corrected chi connectivity index (χ4v) is 4.25. The normalized spacial score (nSPS) is 14.8. The number of nitrogens with one attached hydrogen (secondary N) is 1. The van der Waals surface area contributed by atoms with Gasteiger partial charge in [0.2, 0.25) is 5.91 Å². The Hall–Kier alpha value is -3.20. The van der Waals surface area contributed by atoms with Gasteiger partial charge in [-0.2, -0.15) is 13.5 Å². The van der Waals surface area contributed by atoms with Crippen LogP contribution in [0.25, 0.3) is 0 Å². The number of benzene rings is 2. The van der Waals surface area contributed by atoms with Gasteiger partial charge in [0.05, 0.1) is 19.9 Å². The van der Waals surface area contributed by atoms with E-state index in [0.29, 0.717) is 11.3 Å². The summed E-state index contributed by atoms with van der Waals surface area (Å²) in [5.74, 6) is 0.702. The lowest BCUT2D eigenvalue weighted by molar-refractivity contribution is -0.122. The molecular weight excluding hydrogens is 416 g/mol. The average molecular weight is 443 g/mol. The summed E-state index contributed by atoms with van der Waals surface area (Å²) in [6, 6.07) is 13.9. The van der Waals surface area contributed by atoms with Gasteiger partial charge in [0, 0.05) is 17.5 Å². The molecule has 0 aliphatic carbocycles. The summed E-state index contributed by atoms with van der Waals surface area (Å²) in [4.78, 5) is 12.5. The molecule has 1 aliphatic heterocycles. The highest BCUT2D eigenvalue weighted by Gasteiger charge is 2.32. The Labute approximate surface area is 182 Å². The Morgan fingerprint density at radius 1 is 1.19 bits per heavy atom. The van der Waals surface area contributed by atoms with Crippen molar-refractivity contribution in [2.75, 3.05) is 13.7 Å². The molecule has 3 rings (SSSR count). The fraction of sp³-hybridized carbons (Fsp3) is 0.318.